The lowest BCUT2D eigenvalue weighted by Crippen LogP contribution is -2.18. The number of aromatic nitrogens is 2. The molecule has 0 saturated carbocycles. The first kappa shape index (κ1) is 18.2. The summed E-state index contributed by atoms with van der Waals surface area (Å²) in [5.41, 5.74) is 3.35. The van der Waals surface area contributed by atoms with E-state index in [2.05, 4.69) is 23.3 Å². The third-order valence-electron chi connectivity index (χ3n) is 4.62. The van der Waals surface area contributed by atoms with Crippen LogP contribution in [0.25, 0.3) is 21.1 Å². The van der Waals surface area contributed by atoms with E-state index in [1.807, 2.05) is 36.4 Å². The average molecular weight is 393 g/mol. The van der Waals surface area contributed by atoms with Gasteiger partial charge in [-0.25, -0.2) is 9.78 Å². The van der Waals surface area contributed by atoms with Gasteiger partial charge in [-0.3, -0.25) is 4.79 Å². The Hall–Kier alpha value is -3.19. The zero-order valence-electron chi connectivity index (χ0n) is 15.6. The van der Waals surface area contributed by atoms with E-state index in [4.69, 9.17) is 4.74 Å². The molecule has 4 rings (SSSR count). The molecule has 0 radical (unpaired) electrons. The van der Waals surface area contributed by atoms with E-state index < -0.39 is 5.97 Å². The number of carbonyl (C=O) groups is 2. The largest absolute Gasteiger partial charge is 0.465 e. The Bertz CT molecular complexity index is 1190. The first-order valence-electron chi connectivity index (χ1n) is 8.94. The molecule has 0 saturated heterocycles. The van der Waals surface area contributed by atoms with Crippen molar-refractivity contribution in [3.8, 4) is 0 Å². The third-order valence-corrected chi connectivity index (χ3v) is 5.55. The molecule has 142 valence electrons. The van der Waals surface area contributed by atoms with Crippen molar-refractivity contribution in [1.82, 2.24) is 9.55 Å². The summed E-state index contributed by atoms with van der Waals surface area (Å²) in [6, 6.07) is 13.6. The van der Waals surface area contributed by atoms with Gasteiger partial charge >= 0.3 is 5.97 Å². The van der Waals surface area contributed by atoms with E-state index in [9.17, 15) is 9.59 Å². The van der Waals surface area contributed by atoms with Gasteiger partial charge in [0, 0.05) is 17.1 Å². The number of amides is 1. The number of anilines is 1. The van der Waals surface area contributed by atoms with E-state index in [1.54, 1.807) is 10.8 Å². The van der Waals surface area contributed by atoms with Gasteiger partial charge in [0.15, 0.2) is 5.13 Å². The summed E-state index contributed by atoms with van der Waals surface area (Å²) in [6.45, 7) is 2.18. The Morgan fingerprint density at radius 2 is 2.04 bits per heavy atom. The molecule has 0 bridgehead atoms. The molecule has 2 aromatic heterocycles. The molecule has 0 aliphatic carbocycles. The molecule has 0 fully saturated rings. The Morgan fingerprint density at radius 1 is 1.21 bits per heavy atom. The Morgan fingerprint density at radius 3 is 2.82 bits per heavy atom. The number of hydrogen-bond donors (Lipinski definition) is 1. The topological polar surface area (TPSA) is 73.2 Å². The highest BCUT2D eigenvalue weighted by Gasteiger charge is 2.17. The van der Waals surface area contributed by atoms with Gasteiger partial charge in [-0.2, -0.15) is 0 Å². The van der Waals surface area contributed by atoms with Gasteiger partial charge in [-0.15, -0.1) is 0 Å². The lowest BCUT2D eigenvalue weighted by molar-refractivity contribution is -0.116. The highest BCUT2D eigenvalue weighted by Crippen LogP contribution is 2.27. The van der Waals surface area contributed by atoms with Crippen LogP contribution in [-0.2, 0) is 22.5 Å². The van der Waals surface area contributed by atoms with Crippen molar-refractivity contribution in [3.63, 3.8) is 0 Å². The van der Waals surface area contributed by atoms with Crippen LogP contribution in [0.4, 0.5) is 5.13 Å². The molecule has 7 heteroatoms. The van der Waals surface area contributed by atoms with E-state index in [0.717, 1.165) is 27.5 Å². The second kappa shape index (κ2) is 7.44. The maximum absolute atomic E-state index is 12.6. The van der Waals surface area contributed by atoms with E-state index in [1.165, 1.54) is 24.0 Å². The Balaban J connectivity index is 1.58. The number of benzene rings is 2. The van der Waals surface area contributed by atoms with Crippen molar-refractivity contribution in [2.45, 2.75) is 19.9 Å². The summed E-state index contributed by atoms with van der Waals surface area (Å²) in [4.78, 5) is 29.1. The molecule has 4 aromatic rings. The number of ether oxygens (including phenoxy) is 1. The summed E-state index contributed by atoms with van der Waals surface area (Å²) in [7, 11) is 1.35. The van der Waals surface area contributed by atoms with Gasteiger partial charge in [-0.1, -0.05) is 42.5 Å². The lowest BCUT2D eigenvalue weighted by Gasteiger charge is -2.04. The fourth-order valence-electron chi connectivity index (χ4n) is 3.21. The number of rotatable bonds is 5. The van der Waals surface area contributed by atoms with Crippen LogP contribution >= 0.6 is 11.3 Å². The van der Waals surface area contributed by atoms with Crippen LogP contribution in [0.3, 0.4) is 0 Å². The van der Waals surface area contributed by atoms with E-state index in [-0.39, 0.29) is 12.5 Å². The number of fused-ring (bicyclic) bond motifs is 2. The predicted molar refractivity (Wildman–Crippen MR) is 111 cm³/mol. The zero-order valence-corrected chi connectivity index (χ0v) is 16.4. The van der Waals surface area contributed by atoms with Crippen LogP contribution in [0.15, 0.2) is 48.7 Å². The molecule has 0 aliphatic heterocycles. The maximum atomic E-state index is 12.6. The van der Waals surface area contributed by atoms with Crippen LogP contribution in [0.2, 0.25) is 0 Å². The molecule has 2 aromatic carbocycles. The van der Waals surface area contributed by atoms with Crippen LogP contribution in [0, 0.1) is 0 Å². The minimum atomic E-state index is -0.423. The number of nitrogens with zero attached hydrogens (tertiary/aromatic N) is 2. The fourth-order valence-corrected chi connectivity index (χ4v) is 4.15. The molecule has 1 amide bonds. The molecule has 0 aliphatic rings. The number of hydrogen-bond acceptors (Lipinski definition) is 5. The van der Waals surface area contributed by atoms with Gasteiger partial charge in [0.2, 0.25) is 5.91 Å². The summed E-state index contributed by atoms with van der Waals surface area (Å²) >= 11 is 1.46. The molecule has 28 heavy (non-hydrogen) atoms. The SMILES string of the molecule is CCc1ccc2nc(NC(=O)Cn3cc(C(=O)OC)c4ccccc43)sc2c1. The molecule has 2 heterocycles. The van der Waals surface area contributed by atoms with Crippen LogP contribution in [0.1, 0.15) is 22.8 Å². The minimum Gasteiger partial charge on any atom is -0.465 e. The molecular weight excluding hydrogens is 374 g/mol. The van der Waals surface area contributed by atoms with Gasteiger partial charge in [0.1, 0.15) is 6.54 Å². The highest BCUT2D eigenvalue weighted by molar-refractivity contribution is 7.22. The number of methoxy groups -OCH3 is 1. The molecule has 0 spiro atoms. The zero-order chi connectivity index (χ0) is 19.7. The minimum absolute atomic E-state index is 0.0770. The number of aryl methyl sites for hydroxylation is 1. The van der Waals surface area contributed by atoms with Crippen molar-refractivity contribution >= 4 is 49.5 Å². The maximum Gasteiger partial charge on any atom is 0.340 e. The molecule has 0 atom stereocenters. The van der Waals surface area contributed by atoms with Gasteiger partial charge in [0.25, 0.3) is 0 Å². The normalized spacial score (nSPS) is 11.1. The standard InChI is InChI=1S/C21H19N3O3S/c1-3-13-8-9-16-18(10-13)28-21(22-16)23-19(25)12-24-11-15(20(26)27-2)14-6-4-5-7-17(14)24/h4-11H,3,12H2,1-2H3,(H,22,23,25). The van der Waals surface area contributed by atoms with E-state index >= 15 is 0 Å². The van der Waals surface area contributed by atoms with E-state index in [0.29, 0.717) is 10.7 Å². The fraction of sp³-hybridized carbons (Fsp3) is 0.190. The smallest absolute Gasteiger partial charge is 0.340 e. The van der Waals surface area contributed by atoms with Crippen LogP contribution in [0.5, 0.6) is 0 Å². The van der Waals surface area contributed by atoms with Crippen LogP contribution < -0.4 is 5.32 Å². The molecule has 0 unspecified atom stereocenters. The van der Waals surface area contributed by atoms with Crippen molar-refractivity contribution in [2.24, 2.45) is 0 Å². The summed E-state index contributed by atoms with van der Waals surface area (Å²) in [5.74, 6) is -0.625. The van der Waals surface area contributed by atoms with Crippen molar-refractivity contribution in [1.29, 1.82) is 0 Å². The second-order valence-electron chi connectivity index (χ2n) is 6.40. The molecular formula is C21H19N3O3S. The predicted octanol–water partition coefficient (Wildman–Crippen LogP) is 4.24. The molecule has 1 N–H and O–H groups in total. The summed E-state index contributed by atoms with van der Waals surface area (Å²) in [6.07, 6.45) is 2.61. The lowest BCUT2D eigenvalue weighted by atomic mass is 10.2. The Labute approximate surface area is 165 Å². The Kier molecular flexibility index (Phi) is 4.83. The van der Waals surface area contributed by atoms with Crippen molar-refractivity contribution in [2.75, 3.05) is 12.4 Å². The van der Waals surface area contributed by atoms with Gasteiger partial charge in [-0.05, 0) is 30.2 Å². The summed E-state index contributed by atoms with van der Waals surface area (Å²) < 4.78 is 7.65. The number of nitrogens with one attached hydrogen (secondary N) is 1. The van der Waals surface area contributed by atoms with Crippen LogP contribution in [-0.4, -0.2) is 28.5 Å². The second-order valence-corrected chi connectivity index (χ2v) is 7.43. The number of thiazole rings is 1. The van der Waals surface area contributed by atoms with Crippen molar-refractivity contribution < 1.29 is 14.3 Å². The first-order chi connectivity index (χ1) is 13.6. The highest BCUT2D eigenvalue weighted by atomic mass is 32.1. The first-order valence-corrected chi connectivity index (χ1v) is 9.76. The van der Waals surface area contributed by atoms with Gasteiger partial charge in [0.05, 0.1) is 22.9 Å². The summed E-state index contributed by atoms with van der Waals surface area (Å²) in [5, 5.41) is 4.19. The number of esters is 1. The third kappa shape index (κ3) is 3.36. The average Bonchev–Trinajstić information content (AvgIpc) is 3.27. The number of para-hydroxylation sites is 1. The monoisotopic (exact) mass is 393 g/mol. The quantitative estimate of drug-likeness (QED) is 0.515. The van der Waals surface area contributed by atoms with Crippen molar-refractivity contribution in [3.05, 3.63) is 59.8 Å². The van der Waals surface area contributed by atoms with Gasteiger partial charge < -0.3 is 14.6 Å². The number of carbonyl (C=O) groups excluding carboxylic acids is 2. The molecule has 6 nitrogen and oxygen atoms in total.